The summed E-state index contributed by atoms with van der Waals surface area (Å²) in [4.78, 5) is 26.0. The summed E-state index contributed by atoms with van der Waals surface area (Å²) < 4.78 is 15.1. The van der Waals surface area contributed by atoms with Crippen molar-refractivity contribution in [3.8, 4) is 0 Å². The Morgan fingerprint density at radius 2 is 2.08 bits per heavy atom. The Bertz CT molecular complexity index is 828. The van der Waals surface area contributed by atoms with Crippen molar-refractivity contribution < 1.29 is 9.18 Å². The number of halogens is 1. The van der Waals surface area contributed by atoms with E-state index in [1.807, 2.05) is 6.07 Å². The first-order valence-corrected chi connectivity index (χ1v) is 8.15. The van der Waals surface area contributed by atoms with Crippen LogP contribution in [-0.2, 0) is 13.5 Å². The molecule has 1 unspecified atom stereocenters. The van der Waals surface area contributed by atoms with Crippen molar-refractivity contribution in [2.75, 3.05) is 13.1 Å². The minimum absolute atomic E-state index is 0.106. The molecule has 24 heavy (non-hydrogen) atoms. The van der Waals surface area contributed by atoms with Crippen LogP contribution in [0.25, 0.3) is 0 Å². The second kappa shape index (κ2) is 6.59. The molecule has 126 valence electrons. The van der Waals surface area contributed by atoms with Gasteiger partial charge in [0.05, 0.1) is 0 Å². The van der Waals surface area contributed by atoms with Gasteiger partial charge in [-0.1, -0.05) is 12.1 Å². The van der Waals surface area contributed by atoms with Gasteiger partial charge in [0, 0.05) is 38.0 Å². The SMILES string of the molecule is Cc1ccc(CC2CCN(C(=O)c3ccn(C)c(=O)c3)C2)cc1F. The van der Waals surface area contributed by atoms with Gasteiger partial charge in [-0.15, -0.1) is 0 Å². The summed E-state index contributed by atoms with van der Waals surface area (Å²) in [6.07, 6.45) is 3.27. The fourth-order valence-electron chi connectivity index (χ4n) is 3.14. The minimum atomic E-state index is -0.188. The van der Waals surface area contributed by atoms with Crippen LogP contribution in [0.15, 0.2) is 41.3 Å². The third-order valence-electron chi connectivity index (χ3n) is 4.68. The Morgan fingerprint density at radius 1 is 1.29 bits per heavy atom. The molecule has 0 spiro atoms. The first-order chi connectivity index (χ1) is 11.4. The van der Waals surface area contributed by atoms with E-state index in [9.17, 15) is 14.0 Å². The Kier molecular flexibility index (Phi) is 4.51. The van der Waals surface area contributed by atoms with Crippen molar-refractivity contribution in [3.63, 3.8) is 0 Å². The number of hydrogen-bond acceptors (Lipinski definition) is 2. The van der Waals surface area contributed by atoms with Crippen LogP contribution in [0.3, 0.4) is 0 Å². The lowest BCUT2D eigenvalue weighted by Gasteiger charge is -2.17. The quantitative estimate of drug-likeness (QED) is 0.869. The number of likely N-dealkylation sites (tertiary alicyclic amines) is 1. The highest BCUT2D eigenvalue weighted by Gasteiger charge is 2.27. The van der Waals surface area contributed by atoms with E-state index in [2.05, 4.69) is 0 Å². The Morgan fingerprint density at radius 3 is 2.79 bits per heavy atom. The van der Waals surface area contributed by atoms with Crippen molar-refractivity contribution in [1.29, 1.82) is 0 Å². The number of aryl methyl sites for hydroxylation is 2. The number of rotatable bonds is 3. The van der Waals surface area contributed by atoms with E-state index in [0.29, 0.717) is 30.1 Å². The van der Waals surface area contributed by atoms with Crippen molar-refractivity contribution in [1.82, 2.24) is 9.47 Å². The first kappa shape index (κ1) is 16.4. The molecule has 2 heterocycles. The number of nitrogens with zero attached hydrogens (tertiary/aromatic N) is 2. The maximum absolute atomic E-state index is 13.7. The molecule has 4 nitrogen and oxygen atoms in total. The lowest BCUT2D eigenvalue weighted by Crippen LogP contribution is -2.30. The summed E-state index contributed by atoms with van der Waals surface area (Å²) in [5.74, 6) is 0.0337. The van der Waals surface area contributed by atoms with E-state index in [1.54, 1.807) is 43.3 Å². The zero-order chi connectivity index (χ0) is 17.3. The highest BCUT2D eigenvalue weighted by atomic mass is 19.1. The molecule has 0 saturated carbocycles. The molecule has 1 aliphatic rings. The summed E-state index contributed by atoms with van der Waals surface area (Å²) in [7, 11) is 1.66. The smallest absolute Gasteiger partial charge is 0.254 e. The largest absolute Gasteiger partial charge is 0.338 e. The summed E-state index contributed by atoms with van der Waals surface area (Å²) in [5.41, 5.74) is 1.85. The molecule has 5 heteroatoms. The Hall–Kier alpha value is -2.43. The molecule has 1 aromatic carbocycles. The zero-order valence-corrected chi connectivity index (χ0v) is 14.0. The van der Waals surface area contributed by atoms with Crippen molar-refractivity contribution in [2.24, 2.45) is 13.0 Å². The van der Waals surface area contributed by atoms with Crippen LogP contribution >= 0.6 is 0 Å². The van der Waals surface area contributed by atoms with Gasteiger partial charge in [-0.2, -0.15) is 0 Å². The van der Waals surface area contributed by atoms with Gasteiger partial charge in [0.1, 0.15) is 5.82 Å². The van der Waals surface area contributed by atoms with Crippen LogP contribution in [0.1, 0.15) is 27.9 Å². The fraction of sp³-hybridized carbons (Fsp3) is 0.368. The van der Waals surface area contributed by atoms with E-state index in [-0.39, 0.29) is 17.3 Å². The first-order valence-electron chi connectivity index (χ1n) is 8.15. The second-order valence-electron chi connectivity index (χ2n) is 6.56. The van der Waals surface area contributed by atoms with E-state index in [1.165, 1.54) is 10.6 Å². The molecular formula is C19H21FN2O2. The monoisotopic (exact) mass is 328 g/mol. The summed E-state index contributed by atoms with van der Waals surface area (Å²) in [5, 5.41) is 0. The number of hydrogen-bond donors (Lipinski definition) is 0. The van der Waals surface area contributed by atoms with Gasteiger partial charge in [-0.3, -0.25) is 9.59 Å². The van der Waals surface area contributed by atoms with Crippen LogP contribution < -0.4 is 5.56 Å². The van der Waals surface area contributed by atoms with E-state index >= 15 is 0 Å². The van der Waals surface area contributed by atoms with Gasteiger partial charge in [0.15, 0.2) is 0 Å². The third-order valence-corrected chi connectivity index (χ3v) is 4.68. The summed E-state index contributed by atoms with van der Waals surface area (Å²) in [6, 6.07) is 8.38. The lowest BCUT2D eigenvalue weighted by atomic mass is 9.98. The average molecular weight is 328 g/mol. The fourth-order valence-corrected chi connectivity index (χ4v) is 3.14. The number of carbonyl (C=O) groups excluding carboxylic acids is 1. The number of aromatic nitrogens is 1. The normalized spacial score (nSPS) is 17.3. The molecule has 1 saturated heterocycles. The predicted molar refractivity (Wildman–Crippen MR) is 90.5 cm³/mol. The van der Waals surface area contributed by atoms with Crippen LogP contribution in [0.4, 0.5) is 4.39 Å². The molecular weight excluding hydrogens is 307 g/mol. The number of benzene rings is 1. The van der Waals surface area contributed by atoms with E-state index < -0.39 is 0 Å². The number of carbonyl (C=O) groups is 1. The zero-order valence-electron chi connectivity index (χ0n) is 14.0. The van der Waals surface area contributed by atoms with Crippen LogP contribution in [0.2, 0.25) is 0 Å². The molecule has 1 fully saturated rings. The molecule has 0 bridgehead atoms. The third kappa shape index (κ3) is 3.40. The number of amides is 1. The lowest BCUT2D eigenvalue weighted by molar-refractivity contribution is 0.0786. The second-order valence-corrected chi connectivity index (χ2v) is 6.56. The van der Waals surface area contributed by atoms with Crippen LogP contribution in [0, 0.1) is 18.7 Å². The van der Waals surface area contributed by atoms with E-state index in [0.717, 1.165) is 18.4 Å². The molecule has 3 rings (SSSR count). The number of pyridine rings is 1. The predicted octanol–water partition coefficient (Wildman–Crippen LogP) is 2.54. The highest BCUT2D eigenvalue weighted by molar-refractivity contribution is 5.94. The van der Waals surface area contributed by atoms with Gasteiger partial charge in [-0.25, -0.2) is 4.39 Å². The van der Waals surface area contributed by atoms with Crippen LogP contribution in [-0.4, -0.2) is 28.5 Å². The van der Waals surface area contributed by atoms with Gasteiger partial charge in [0.2, 0.25) is 0 Å². The molecule has 1 amide bonds. The van der Waals surface area contributed by atoms with Crippen LogP contribution in [0.5, 0.6) is 0 Å². The molecule has 1 aliphatic heterocycles. The van der Waals surface area contributed by atoms with Crippen molar-refractivity contribution >= 4 is 5.91 Å². The maximum Gasteiger partial charge on any atom is 0.254 e. The summed E-state index contributed by atoms with van der Waals surface area (Å²) >= 11 is 0. The molecule has 1 atom stereocenters. The highest BCUT2D eigenvalue weighted by Crippen LogP contribution is 2.23. The molecule has 0 radical (unpaired) electrons. The van der Waals surface area contributed by atoms with Gasteiger partial charge in [0.25, 0.3) is 11.5 Å². The van der Waals surface area contributed by atoms with E-state index in [4.69, 9.17) is 0 Å². The van der Waals surface area contributed by atoms with Crippen molar-refractivity contribution in [2.45, 2.75) is 19.8 Å². The molecule has 2 aromatic rings. The minimum Gasteiger partial charge on any atom is -0.338 e. The maximum atomic E-state index is 13.7. The average Bonchev–Trinajstić information content (AvgIpc) is 3.01. The molecule has 1 aromatic heterocycles. The van der Waals surface area contributed by atoms with Gasteiger partial charge >= 0.3 is 0 Å². The molecule has 0 N–H and O–H groups in total. The topological polar surface area (TPSA) is 42.3 Å². The van der Waals surface area contributed by atoms with Gasteiger partial charge in [-0.05, 0) is 48.9 Å². The standard InChI is InChI=1S/C19H21FN2O2/c1-13-3-4-14(10-17(13)20)9-15-5-8-22(12-15)19(24)16-6-7-21(2)18(23)11-16/h3-4,6-7,10-11,15H,5,8-9,12H2,1-2H3. The summed E-state index contributed by atoms with van der Waals surface area (Å²) in [6.45, 7) is 3.07. The Balaban J connectivity index is 1.66. The van der Waals surface area contributed by atoms with Gasteiger partial charge < -0.3 is 9.47 Å². The Labute approximate surface area is 140 Å². The molecule has 0 aliphatic carbocycles. The van der Waals surface area contributed by atoms with Crippen molar-refractivity contribution in [3.05, 3.63) is 69.4 Å².